The second-order valence-corrected chi connectivity index (χ2v) is 16.4. The molecule has 2 aliphatic rings. The molecule has 0 unspecified atom stereocenters. The highest BCUT2D eigenvalue weighted by Crippen LogP contribution is 2.59. The van der Waals surface area contributed by atoms with Crippen molar-refractivity contribution < 1.29 is 20.6 Å². The van der Waals surface area contributed by atoms with Crippen LogP contribution in [-0.2, 0) is 10.8 Å². The summed E-state index contributed by atoms with van der Waals surface area (Å²) >= 11 is 0. The molecule has 1 heteroatoms. The summed E-state index contributed by atoms with van der Waals surface area (Å²) in [6, 6.07) is 37.4. The fourth-order valence-corrected chi connectivity index (χ4v) is 10.1. The summed E-state index contributed by atoms with van der Waals surface area (Å²) in [6.07, 6.45) is 0. The minimum Gasteiger partial charge on any atom is -0.309 e. The van der Waals surface area contributed by atoms with Gasteiger partial charge in [-0.05, 0) is 102 Å². The van der Waals surface area contributed by atoms with E-state index in [1.165, 1.54) is 0 Å². The van der Waals surface area contributed by atoms with Crippen LogP contribution in [0.3, 0.4) is 0 Å². The average Bonchev–Trinajstić information content (AvgIpc) is 4.06. The number of hydrogen-bond donors (Lipinski definition) is 0. The van der Waals surface area contributed by atoms with E-state index in [0.717, 1.165) is 55.6 Å². The largest absolute Gasteiger partial charge is 0.309 e. The molecule has 10 aromatic carbocycles. The first-order chi connectivity index (χ1) is 37.3. The molecule has 0 bridgehead atoms. The molecule has 298 valence electrons. The van der Waals surface area contributed by atoms with Crippen LogP contribution in [0, 0.1) is 0 Å². The maximum Gasteiger partial charge on any atom is 0.0714 e. The summed E-state index contributed by atoms with van der Waals surface area (Å²) in [5, 5.41) is -0.735. The summed E-state index contributed by atoms with van der Waals surface area (Å²) in [7, 11) is 0. The predicted octanol–water partition coefficient (Wildman–Crippen LogP) is 16.3. The summed E-state index contributed by atoms with van der Waals surface area (Å²) in [4.78, 5) is 1.76. The molecule has 12 rings (SSSR count). The number of rotatable bonds is 7. The molecule has 1 nitrogen and oxygen atoms in total. The third-order valence-corrected chi connectivity index (χ3v) is 12.9. The number of anilines is 3. The lowest BCUT2D eigenvalue weighted by atomic mass is 9.67. The van der Waals surface area contributed by atoms with Gasteiger partial charge in [-0.2, -0.15) is 0 Å². The third kappa shape index (κ3) is 5.56. The Balaban J connectivity index is 1.29. The monoisotopic (exact) mass is 818 g/mol. The van der Waals surface area contributed by atoms with Gasteiger partial charge in [-0.3, -0.25) is 0 Å². The molecule has 0 N–H and O–H groups in total. The number of nitrogens with zero attached hydrogens (tertiary/aromatic N) is 1. The minimum atomic E-state index is -0.943. The van der Waals surface area contributed by atoms with E-state index >= 15 is 0 Å². The zero-order chi connectivity index (χ0) is 55.2. The molecule has 0 aromatic heterocycles. The molecule has 0 heterocycles. The fraction of sp³-hybridized carbons (Fsp3) is 0.0645. The van der Waals surface area contributed by atoms with Crippen molar-refractivity contribution >= 4 is 27.8 Å². The Morgan fingerprint density at radius 2 is 0.984 bits per heavy atom. The van der Waals surface area contributed by atoms with Crippen molar-refractivity contribution in [2.45, 2.75) is 24.7 Å². The molecule has 0 amide bonds. The molecule has 0 fully saturated rings. The van der Waals surface area contributed by atoms with Crippen molar-refractivity contribution in [3.05, 3.63) is 270 Å². The molecule has 0 spiro atoms. The van der Waals surface area contributed by atoms with Gasteiger partial charge in [-0.15, -0.1) is 0 Å². The second kappa shape index (κ2) is 14.4. The van der Waals surface area contributed by atoms with E-state index in [9.17, 15) is 11.0 Å². The Morgan fingerprint density at radius 1 is 0.397 bits per heavy atom. The molecular formula is C62H45N. The van der Waals surface area contributed by atoms with Gasteiger partial charge < -0.3 is 4.90 Å². The van der Waals surface area contributed by atoms with E-state index in [2.05, 4.69) is 56.3 Å². The van der Waals surface area contributed by atoms with Crippen LogP contribution in [0.2, 0.25) is 0 Å². The summed E-state index contributed by atoms with van der Waals surface area (Å²) in [5.41, 5.74) is 6.44. The molecular weight excluding hydrogens is 759 g/mol. The summed E-state index contributed by atoms with van der Waals surface area (Å²) in [6.45, 7) is 4.23. The minimum absolute atomic E-state index is 0.190. The highest BCUT2D eigenvalue weighted by Gasteiger charge is 2.46. The lowest BCUT2D eigenvalue weighted by Crippen LogP contribution is -2.28. The van der Waals surface area contributed by atoms with Gasteiger partial charge in [-0.25, -0.2) is 0 Å². The lowest BCUT2D eigenvalue weighted by Gasteiger charge is -2.35. The molecule has 0 saturated heterocycles. The van der Waals surface area contributed by atoms with Crippen molar-refractivity contribution in [2.24, 2.45) is 0 Å². The number of hydrogen-bond acceptors (Lipinski definition) is 1. The predicted molar refractivity (Wildman–Crippen MR) is 264 cm³/mol. The highest BCUT2D eigenvalue weighted by molar-refractivity contribution is 6.07. The van der Waals surface area contributed by atoms with E-state index < -0.39 is 124 Å². The van der Waals surface area contributed by atoms with Gasteiger partial charge in [0.05, 0.1) is 37.4 Å². The summed E-state index contributed by atoms with van der Waals surface area (Å²) in [5.74, 6) is 0. The van der Waals surface area contributed by atoms with Crippen molar-refractivity contribution in [1.82, 2.24) is 0 Å². The fourth-order valence-electron chi connectivity index (χ4n) is 10.1. The third-order valence-electron chi connectivity index (χ3n) is 12.9. The zero-order valence-corrected chi connectivity index (χ0v) is 34.3. The van der Waals surface area contributed by atoms with E-state index in [0.29, 0.717) is 11.4 Å². The Bertz CT molecular complexity index is 4150. The SMILES string of the molecule is [2H]c1c([2H])c([2H])c(-c2c([2H])c([2H])c(-c3c(N(c4ccc5c(c4)C(c4ccccc4)(c4ccccc4)c4ccccc4-5)c4cccc5c4-c4ccccc4C5(C)C)c([2H])c([2H])c4c([2H])c([2H])c([2H])c([2H])c34)c([2H])c2[2H])c([2H])c1[2H]. The van der Waals surface area contributed by atoms with Gasteiger partial charge in [0.25, 0.3) is 0 Å². The number of benzene rings is 10. The van der Waals surface area contributed by atoms with Gasteiger partial charge in [0.15, 0.2) is 0 Å². The van der Waals surface area contributed by atoms with Crippen LogP contribution < -0.4 is 4.90 Å². The van der Waals surface area contributed by atoms with Crippen LogP contribution >= 0.6 is 0 Å². The molecule has 63 heavy (non-hydrogen) atoms. The van der Waals surface area contributed by atoms with Crippen LogP contribution in [0.5, 0.6) is 0 Å². The van der Waals surface area contributed by atoms with Crippen LogP contribution in [-0.4, -0.2) is 0 Å². The smallest absolute Gasteiger partial charge is 0.0714 e. The lowest BCUT2D eigenvalue weighted by molar-refractivity contribution is 0.660. The van der Waals surface area contributed by atoms with Crippen LogP contribution in [0.25, 0.3) is 55.3 Å². The van der Waals surface area contributed by atoms with E-state index in [4.69, 9.17) is 9.60 Å². The van der Waals surface area contributed by atoms with Gasteiger partial charge >= 0.3 is 0 Å². The first-order valence-electron chi connectivity index (χ1n) is 28.4. The normalized spacial score (nSPS) is 17.1. The van der Waals surface area contributed by atoms with Gasteiger partial charge in [-0.1, -0.05) is 226 Å². The van der Waals surface area contributed by atoms with Gasteiger partial charge in [0.2, 0.25) is 0 Å². The van der Waals surface area contributed by atoms with Crippen LogP contribution in [0.1, 0.15) is 67.8 Å². The first-order valence-corrected chi connectivity index (χ1v) is 20.9. The molecule has 10 aromatic rings. The Hall–Kier alpha value is -7.74. The Labute approximate surface area is 391 Å². The standard InChI is InChI=1S/C62H45N/c1-61(2)53-29-16-15-28-52(53)60-55(61)31-18-32-57(60)63(58-40-37-44-21-12-13-26-49(44)59(58)45-35-33-43(34-36-45)42-19-6-3-7-20-42)48-38-39-51-50-27-14-17-30-54(50)62(56(51)41-48,46-22-8-4-9-23-46)47-24-10-5-11-25-47/h3-41H,1-2H3/i3D,6D,7D,12D,13D,19D,20D,21D,26D,33D,34D,35D,36D,37D,40D. The number of fused-ring (bicyclic) bond motifs is 7. The molecule has 0 radical (unpaired) electrons. The second-order valence-electron chi connectivity index (χ2n) is 16.4. The first kappa shape index (κ1) is 24.6. The maximum absolute atomic E-state index is 10.4. The Morgan fingerprint density at radius 3 is 1.73 bits per heavy atom. The van der Waals surface area contributed by atoms with Crippen molar-refractivity contribution in [3.63, 3.8) is 0 Å². The van der Waals surface area contributed by atoms with E-state index in [1.54, 1.807) is 4.90 Å². The summed E-state index contributed by atoms with van der Waals surface area (Å²) < 4.78 is 139. The van der Waals surface area contributed by atoms with Gasteiger partial charge in [0, 0.05) is 22.2 Å². The quantitative estimate of drug-likeness (QED) is 0.155. The van der Waals surface area contributed by atoms with Crippen molar-refractivity contribution in [2.75, 3.05) is 4.90 Å². The molecule has 0 saturated carbocycles. The Kier molecular flexibility index (Phi) is 5.65. The van der Waals surface area contributed by atoms with Crippen molar-refractivity contribution in [3.8, 4) is 44.5 Å². The van der Waals surface area contributed by atoms with Crippen molar-refractivity contribution in [1.29, 1.82) is 0 Å². The molecule has 0 atom stereocenters. The average molecular weight is 819 g/mol. The van der Waals surface area contributed by atoms with Crippen LogP contribution in [0.4, 0.5) is 17.1 Å². The van der Waals surface area contributed by atoms with E-state index in [-0.39, 0.29) is 16.6 Å². The zero-order valence-electron chi connectivity index (χ0n) is 49.3. The highest BCUT2D eigenvalue weighted by atomic mass is 15.1. The maximum atomic E-state index is 10.4. The van der Waals surface area contributed by atoms with E-state index in [1.807, 2.05) is 103 Å². The molecule has 2 aliphatic carbocycles. The van der Waals surface area contributed by atoms with Crippen LogP contribution in [0.15, 0.2) is 236 Å². The van der Waals surface area contributed by atoms with Gasteiger partial charge in [0.1, 0.15) is 0 Å². The topological polar surface area (TPSA) is 3.24 Å². The molecule has 0 aliphatic heterocycles.